The predicted octanol–water partition coefficient (Wildman–Crippen LogP) is 1.08. The van der Waals surface area contributed by atoms with Crippen LogP contribution in [0.2, 0.25) is 0 Å². The summed E-state index contributed by atoms with van der Waals surface area (Å²) in [4.78, 5) is 2.10. The molecule has 0 spiro atoms. The summed E-state index contributed by atoms with van der Waals surface area (Å²) in [7, 11) is 0. The number of rotatable bonds is 1. The first-order valence-electron chi connectivity index (χ1n) is 3.06. The summed E-state index contributed by atoms with van der Waals surface area (Å²) in [5.74, 6) is 0.806. The van der Waals surface area contributed by atoms with Crippen molar-refractivity contribution in [3.05, 3.63) is 0 Å². The van der Waals surface area contributed by atoms with E-state index in [1.54, 1.807) is 0 Å². The Balaban J connectivity index is 2.37. The number of likely N-dealkylation sites (tertiary alicyclic amines) is 1. The van der Waals surface area contributed by atoms with Gasteiger partial charge in [0, 0.05) is 19.0 Å². The summed E-state index contributed by atoms with van der Waals surface area (Å²) < 4.78 is 0. The van der Waals surface area contributed by atoms with Crippen LogP contribution in [0, 0.1) is 5.41 Å². The van der Waals surface area contributed by atoms with Gasteiger partial charge in [-0.3, -0.25) is 5.41 Å². The molecule has 0 atom stereocenters. The van der Waals surface area contributed by atoms with Gasteiger partial charge in [0.1, 0.15) is 0 Å². The molecule has 1 aliphatic heterocycles. The first-order valence-corrected chi connectivity index (χ1v) is 3.06. The van der Waals surface area contributed by atoms with E-state index in [1.165, 1.54) is 0 Å². The van der Waals surface area contributed by atoms with Gasteiger partial charge in [-0.2, -0.15) is 0 Å². The van der Waals surface area contributed by atoms with Gasteiger partial charge < -0.3 is 4.90 Å². The fraction of sp³-hybridized carbons (Fsp3) is 0.833. The lowest BCUT2D eigenvalue weighted by Crippen LogP contribution is -2.46. The summed E-state index contributed by atoms with van der Waals surface area (Å²) >= 11 is 0. The summed E-state index contributed by atoms with van der Waals surface area (Å²) in [6.45, 7) is 5.33. The Bertz CT molecular complexity index is 107. The van der Waals surface area contributed by atoms with Crippen LogP contribution < -0.4 is 0 Å². The number of hydrogen-bond acceptors (Lipinski definition) is 1. The minimum Gasteiger partial charge on any atom is -0.358 e. The van der Waals surface area contributed by atoms with Crippen LogP contribution in [0.25, 0.3) is 0 Å². The van der Waals surface area contributed by atoms with Gasteiger partial charge in [0.2, 0.25) is 0 Å². The molecule has 2 heteroatoms. The molecule has 1 heterocycles. The zero-order chi connectivity index (χ0) is 6.15. The fourth-order valence-electron chi connectivity index (χ4n) is 0.923. The van der Waals surface area contributed by atoms with E-state index >= 15 is 0 Å². The Kier molecular flexibility index (Phi) is 1.24. The van der Waals surface area contributed by atoms with Gasteiger partial charge in [-0.1, -0.05) is 0 Å². The van der Waals surface area contributed by atoms with Gasteiger partial charge in [-0.25, -0.2) is 0 Å². The lowest BCUT2D eigenvalue weighted by molar-refractivity contribution is 0.295. The molecule has 0 unspecified atom stereocenters. The van der Waals surface area contributed by atoms with Crippen molar-refractivity contribution >= 4 is 5.84 Å². The van der Waals surface area contributed by atoms with E-state index in [4.69, 9.17) is 5.41 Å². The van der Waals surface area contributed by atoms with E-state index in [1.807, 2.05) is 0 Å². The lowest BCUT2D eigenvalue weighted by Gasteiger charge is -2.37. The van der Waals surface area contributed by atoms with Crippen molar-refractivity contribution in [3.8, 4) is 0 Å². The average molecular weight is 112 g/mol. The smallest absolute Gasteiger partial charge is 0.0977 e. The minimum atomic E-state index is 0.538. The largest absolute Gasteiger partial charge is 0.358 e. The van der Waals surface area contributed by atoms with Crippen LogP contribution in [0.15, 0.2) is 0 Å². The molecule has 1 saturated heterocycles. The van der Waals surface area contributed by atoms with Crippen LogP contribution in [0.3, 0.4) is 0 Å². The van der Waals surface area contributed by atoms with Gasteiger partial charge in [0.25, 0.3) is 0 Å². The number of hydrogen-bond donors (Lipinski definition) is 1. The van der Waals surface area contributed by atoms with E-state index in [2.05, 4.69) is 18.7 Å². The van der Waals surface area contributed by atoms with E-state index < -0.39 is 0 Å². The molecule has 0 bridgehead atoms. The summed E-state index contributed by atoms with van der Waals surface area (Å²) in [5, 5.41) is 7.24. The third kappa shape index (κ3) is 0.703. The topological polar surface area (TPSA) is 27.1 Å². The number of nitrogens with one attached hydrogen (secondary N) is 1. The summed E-state index contributed by atoms with van der Waals surface area (Å²) in [6.07, 6.45) is 0.984. The molecule has 0 amide bonds. The second-order valence-corrected chi connectivity index (χ2v) is 2.48. The Morgan fingerprint density at radius 2 is 2.25 bits per heavy atom. The molecule has 0 radical (unpaired) electrons. The first kappa shape index (κ1) is 5.60. The fourth-order valence-corrected chi connectivity index (χ4v) is 0.923. The Morgan fingerprint density at radius 3 is 2.25 bits per heavy atom. The van der Waals surface area contributed by atoms with Crippen molar-refractivity contribution in [3.63, 3.8) is 0 Å². The number of nitrogens with zero attached hydrogens (tertiary/aromatic N) is 1. The molecule has 0 saturated carbocycles. The van der Waals surface area contributed by atoms with Crippen LogP contribution in [0.4, 0.5) is 0 Å². The van der Waals surface area contributed by atoms with Crippen LogP contribution in [0.1, 0.15) is 20.3 Å². The van der Waals surface area contributed by atoms with Crippen molar-refractivity contribution < 1.29 is 0 Å². The molecule has 0 aliphatic carbocycles. The van der Waals surface area contributed by atoms with Crippen LogP contribution in [0.5, 0.6) is 0 Å². The van der Waals surface area contributed by atoms with Crippen molar-refractivity contribution in [1.29, 1.82) is 5.41 Å². The third-order valence-electron chi connectivity index (χ3n) is 1.56. The molecule has 2 nitrogen and oxygen atoms in total. The first-order chi connectivity index (χ1) is 3.72. The van der Waals surface area contributed by atoms with Crippen LogP contribution >= 0.6 is 0 Å². The molecule has 0 aromatic carbocycles. The van der Waals surface area contributed by atoms with Gasteiger partial charge >= 0.3 is 0 Å². The molecule has 8 heavy (non-hydrogen) atoms. The van der Waals surface area contributed by atoms with Crippen LogP contribution in [-0.4, -0.2) is 23.3 Å². The molecule has 0 aromatic rings. The highest BCUT2D eigenvalue weighted by Crippen LogP contribution is 2.11. The van der Waals surface area contributed by atoms with E-state index in [-0.39, 0.29) is 0 Å². The highest BCUT2D eigenvalue weighted by molar-refractivity contribution is 5.84. The highest BCUT2D eigenvalue weighted by Gasteiger charge is 2.21. The molecule has 1 aliphatic rings. The predicted molar refractivity (Wildman–Crippen MR) is 34.2 cm³/mol. The Labute approximate surface area is 50.0 Å². The third-order valence-corrected chi connectivity index (χ3v) is 1.56. The maximum Gasteiger partial charge on any atom is 0.0977 e. The van der Waals surface area contributed by atoms with Gasteiger partial charge in [0.15, 0.2) is 0 Å². The maximum absolute atomic E-state index is 7.24. The molecule has 1 rings (SSSR count). The lowest BCUT2D eigenvalue weighted by atomic mass is 10.1. The normalized spacial score (nSPS) is 19.4. The van der Waals surface area contributed by atoms with Gasteiger partial charge in [-0.15, -0.1) is 0 Å². The molecule has 46 valence electrons. The Hall–Kier alpha value is -0.530. The second-order valence-electron chi connectivity index (χ2n) is 2.48. The van der Waals surface area contributed by atoms with Crippen molar-refractivity contribution in [1.82, 2.24) is 4.90 Å². The monoisotopic (exact) mass is 112 g/mol. The zero-order valence-electron chi connectivity index (χ0n) is 5.44. The standard InChI is InChI=1S/C6H12N2/c1-5(2)8-4-3-6(8)7/h5,7H,3-4H2,1-2H3. The zero-order valence-corrected chi connectivity index (χ0v) is 5.44. The summed E-state index contributed by atoms with van der Waals surface area (Å²) in [6, 6.07) is 0.538. The Morgan fingerprint density at radius 1 is 1.62 bits per heavy atom. The van der Waals surface area contributed by atoms with Gasteiger partial charge in [-0.05, 0) is 13.8 Å². The van der Waals surface area contributed by atoms with Gasteiger partial charge in [0.05, 0.1) is 5.84 Å². The highest BCUT2D eigenvalue weighted by atomic mass is 15.2. The molecular formula is C6H12N2. The SMILES string of the molecule is CC(C)N1CCC1=N. The van der Waals surface area contributed by atoms with Crippen molar-refractivity contribution in [2.45, 2.75) is 26.3 Å². The molecule has 1 fully saturated rings. The average Bonchev–Trinajstić information content (AvgIpc) is 1.61. The number of amidine groups is 1. The molecule has 1 N–H and O–H groups in total. The molecular weight excluding hydrogens is 100 g/mol. The van der Waals surface area contributed by atoms with Crippen LogP contribution in [-0.2, 0) is 0 Å². The quantitative estimate of drug-likeness (QED) is 0.540. The summed E-state index contributed by atoms with van der Waals surface area (Å²) in [5.41, 5.74) is 0. The van der Waals surface area contributed by atoms with E-state index in [0.29, 0.717) is 6.04 Å². The minimum absolute atomic E-state index is 0.538. The van der Waals surface area contributed by atoms with Crippen molar-refractivity contribution in [2.75, 3.05) is 6.54 Å². The second kappa shape index (κ2) is 1.77. The molecule has 0 aromatic heterocycles. The van der Waals surface area contributed by atoms with Crippen molar-refractivity contribution in [2.24, 2.45) is 0 Å². The van der Waals surface area contributed by atoms with E-state index in [0.717, 1.165) is 18.8 Å². The van der Waals surface area contributed by atoms with E-state index in [9.17, 15) is 0 Å². The maximum atomic E-state index is 7.24.